The fraction of sp³-hybridized carbons (Fsp3) is 0.0909. The van der Waals surface area contributed by atoms with Crippen LogP contribution in [0.2, 0.25) is 0 Å². The molecule has 1 aromatic carbocycles. The van der Waals surface area contributed by atoms with Crippen molar-refractivity contribution in [2.24, 2.45) is 0 Å². The van der Waals surface area contributed by atoms with Gasteiger partial charge < -0.3 is 0 Å². The molecule has 0 saturated carbocycles. The van der Waals surface area contributed by atoms with Gasteiger partial charge in [0.15, 0.2) is 5.01 Å². The predicted molar refractivity (Wildman–Crippen MR) is 56.7 cm³/mol. The summed E-state index contributed by atoms with van der Waals surface area (Å²) in [6.07, 6.45) is 0.260. The van der Waals surface area contributed by atoms with Gasteiger partial charge >= 0.3 is 0 Å². The van der Waals surface area contributed by atoms with Crippen LogP contribution in [-0.2, 0) is 0 Å². The third-order valence-electron chi connectivity index (χ3n) is 1.66. The summed E-state index contributed by atoms with van der Waals surface area (Å²) >= 11 is 1.55. The minimum atomic E-state index is 0.260. The van der Waals surface area contributed by atoms with E-state index < -0.39 is 0 Å². The molecule has 3 heteroatoms. The monoisotopic (exact) mass is 198 g/mol. The van der Waals surface area contributed by atoms with E-state index in [-0.39, 0.29) is 6.42 Å². The molecule has 2 rings (SSSR count). The summed E-state index contributed by atoms with van der Waals surface area (Å²) in [6.45, 7) is 0. The second kappa shape index (κ2) is 3.91. The van der Waals surface area contributed by atoms with Crippen LogP contribution in [0, 0.1) is 23.2 Å². The molecule has 0 saturated heterocycles. The zero-order valence-electron chi connectivity index (χ0n) is 7.32. The molecule has 0 aliphatic rings. The number of benzene rings is 1. The Balaban J connectivity index is 2.38. The van der Waals surface area contributed by atoms with Gasteiger partial charge in [-0.3, -0.25) is 0 Å². The molecule has 0 aliphatic carbocycles. The van der Waals surface area contributed by atoms with Crippen LogP contribution in [0.3, 0.4) is 0 Å². The minimum absolute atomic E-state index is 0.260. The average Bonchev–Trinajstić information content (AvgIpc) is 2.60. The molecular weight excluding hydrogens is 192 g/mol. The van der Waals surface area contributed by atoms with Crippen molar-refractivity contribution in [2.75, 3.05) is 0 Å². The number of fused-ring (bicyclic) bond motifs is 1. The maximum absolute atomic E-state index is 8.31. The highest BCUT2D eigenvalue weighted by Crippen LogP contribution is 2.20. The summed E-state index contributed by atoms with van der Waals surface area (Å²) < 4.78 is 1.13. The third-order valence-corrected chi connectivity index (χ3v) is 2.61. The number of para-hydroxylation sites is 1. The van der Waals surface area contributed by atoms with Gasteiger partial charge in [0, 0.05) is 0 Å². The van der Waals surface area contributed by atoms with Gasteiger partial charge in [-0.05, 0) is 18.1 Å². The number of aromatic nitrogens is 1. The summed E-state index contributed by atoms with van der Waals surface area (Å²) in [7, 11) is 0. The number of hydrogen-bond acceptors (Lipinski definition) is 3. The molecule has 1 heterocycles. The molecule has 2 nitrogen and oxygen atoms in total. The van der Waals surface area contributed by atoms with Crippen LogP contribution in [0.5, 0.6) is 0 Å². The zero-order valence-corrected chi connectivity index (χ0v) is 8.14. The first-order valence-corrected chi connectivity index (χ1v) is 4.93. The number of hydrogen-bond donors (Lipinski definition) is 0. The molecule has 0 atom stereocenters. The summed E-state index contributed by atoms with van der Waals surface area (Å²) in [5.41, 5.74) is 0.971. The molecule has 2 aromatic rings. The Hall–Kier alpha value is -1.84. The smallest absolute Gasteiger partial charge is 0.168 e. The van der Waals surface area contributed by atoms with Crippen LogP contribution in [0.25, 0.3) is 10.2 Å². The van der Waals surface area contributed by atoms with Crippen LogP contribution in [0.1, 0.15) is 11.4 Å². The lowest BCUT2D eigenvalue weighted by Crippen LogP contribution is -1.69. The van der Waals surface area contributed by atoms with E-state index in [1.807, 2.05) is 30.3 Å². The molecule has 1 aromatic heterocycles. The van der Waals surface area contributed by atoms with Crippen molar-refractivity contribution in [3.63, 3.8) is 0 Å². The Morgan fingerprint density at radius 3 is 3.00 bits per heavy atom. The number of thiazole rings is 1. The van der Waals surface area contributed by atoms with Gasteiger partial charge in [-0.15, -0.1) is 11.3 Å². The number of nitriles is 1. The highest BCUT2D eigenvalue weighted by molar-refractivity contribution is 7.19. The van der Waals surface area contributed by atoms with Crippen LogP contribution < -0.4 is 0 Å². The second-order valence-corrected chi connectivity index (χ2v) is 3.65. The summed E-state index contributed by atoms with van der Waals surface area (Å²) in [4.78, 5) is 4.32. The Kier molecular flexibility index (Phi) is 2.44. The first-order valence-electron chi connectivity index (χ1n) is 4.11. The van der Waals surface area contributed by atoms with Crippen molar-refractivity contribution >= 4 is 21.6 Å². The molecule has 0 bridgehead atoms. The first-order chi connectivity index (χ1) is 6.90. The molecule has 0 amide bonds. The Bertz CT molecular complexity index is 519. The molecule has 0 spiro atoms. The lowest BCUT2D eigenvalue weighted by molar-refractivity contribution is 1.39. The van der Waals surface area contributed by atoms with Gasteiger partial charge in [0.25, 0.3) is 0 Å². The Labute approximate surface area is 85.8 Å². The molecular formula is C11H6N2S. The van der Waals surface area contributed by atoms with E-state index in [9.17, 15) is 0 Å². The highest BCUT2D eigenvalue weighted by Gasteiger charge is 1.98. The largest absolute Gasteiger partial charge is 0.228 e. The summed E-state index contributed by atoms with van der Waals surface area (Å²) in [6, 6.07) is 9.88. The fourth-order valence-electron chi connectivity index (χ4n) is 1.09. The van der Waals surface area contributed by atoms with Gasteiger partial charge in [0.05, 0.1) is 22.7 Å². The fourth-order valence-corrected chi connectivity index (χ4v) is 1.93. The van der Waals surface area contributed by atoms with Crippen LogP contribution in [0.4, 0.5) is 0 Å². The van der Waals surface area contributed by atoms with E-state index in [4.69, 9.17) is 5.26 Å². The SMILES string of the molecule is N#CCC#Cc1nc2ccccc2s1. The van der Waals surface area contributed by atoms with Crippen molar-refractivity contribution in [1.29, 1.82) is 5.26 Å². The van der Waals surface area contributed by atoms with Crippen LogP contribution in [-0.4, -0.2) is 4.98 Å². The molecule has 0 unspecified atom stereocenters. The standard InChI is InChI=1S/C11H6N2S/c12-8-4-3-7-11-13-9-5-1-2-6-10(9)14-11/h1-2,5-6H,4H2. The Morgan fingerprint density at radius 1 is 1.36 bits per heavy atom. The van der Waals surface area contributed by atoms with Gasteiger partial charge in [-0.2, -0.15) is 5.26 Å². The van der Waals surface area contributed by atoms with E-state index >= 15 is 0 Å². The van der Waals surface area contributed by atoms with Crippen LogP contribution in [0.15, 0.2) is 24.3 Å². The van der Waals surface area contributed by atoms with E-state index in [2.05, 4.69) is 16.8 Å². The van der Waals surface area contributed by atoms with Gasteiger partial charge in [-0.1, -0.05) is 18.1 Å². The second-order valence-electron chi connectivity index (χ2n) is 2.62. The van der Waals surface area contributed by atoms with Crippen molar-refractivity contribution in [2.45, 2.75) is 6.42 Å². The predicted octanol–water partition coefficient (Wildman–Crippen LogP) is 2.56. The molecule has 14 heavy (non-hydrogen) atoms. The Morgan fingerprint density at radius 2 is 2.21 bits per heavy atom. The quantitative estimate of drug-likeness (QED) is 0.610. The van der Waals surface area contributed by atoms with Gasteiger partial charge in [0.1, 0.15) is 0 Å². The minimum Gasteiger partial charge on any atom is -0.228 e. The normalized spacial score (nSPS) is 9.07. The van der Waals surface area contributed by atoms with Crippen molar-refractivity contribution in [3.8, 4) is 17.9 Å². The molecule has 0 N–H and O–H groups in total. The van der Waals surface area contributed by atoms with Crippen molar-refractivity contribution in [3.05, 3.63) is 29.3 Å². The number of rotatable bonds is 0. The van der Waals surface area contributed by atoms with E-state index in [0.29, 0.717) is 0 Å². The average molecular weight is 198 g/mol. The maximum atomic E-state index is 8.31. The van der Waals surface area contributed by atoms with Crippen LogP contribution >= 0.6 is 11.3 Å². The van der Waals surface area contributed by atoms with Crippen molar-refractivity contribution < 1.29 is 0 Å². The van der Waals surface area contributed by atoms with E-state index in [1.165, 1.54) is 0 Å². The lowest BCUT2D eigenvalue weighted by atomic mass is 10.3. The number of nitrogens with zero attached hydrogens (tertiary/aromatic N) is 2. The molecule has 0 aliphatic heterocycles. The highest BCUT2D eigenvalue weighted by atomic mass is 32.1. The zero-order chi connectivity index (χ0) is 9.80. The van der Waals surface area contributed by atoms with Crippen molar-refractivity contribution in [1.82, 2.24) is 4.98 Å². The molecule has 0 radical (unpaired) electrons. The summed E-state index contributed by atoms with van der Waals surface area (Å²) in [5.74, 6) is 5.62. The van der Waals surface area contributed by atoms with E-state index in [1.54, 1.807) is 11.3 Å². The third kappa shape index (κ3) is 1.74. The molecule has 66 valence electrons. The summed E-state index contributed by atoms with van der Waals surface area (Å²) in [5, 5.41) is 9.09. The van der Waals surface area contributed by atoms with E-state index in [0.717, 1.165) is 15.2 Å². The first kappa shape index (κ1) is 8.74. The van der Waals surface area contributed by atoms with Gasteiger partial charge in [0.2, 0.25) is 0 Å². The maximum Gasteiger partial charge on any atom is 0.168 e. The lowest BCUT2D eigenvalue weighted by Gasteiger charge is -1.80. The van der Waals surface area contributed by atoms with Gasteiger partial charge in [-0.25, -0.2) is 4.98 Å². The topological polar surface area (TPSA) is 36.7 Å². The molecule has 0 fully saturated rings.